The van der Waals surface area contributed by atoms with Crippen LogP contribution in [0.15, 0.2) is 30.3 Å². The first-order valence-corrected chi connectivity index (χ1v) is 6.46. The highest BCUT2D eigenvalue weighted by Crippen LogP contribution is 2.60. The molecular formula is C15H19NO3. The van der Waals surface area contributed by atoms with Gasteiger partial charge in [0.05, 0.1) is 7.11 Å². The molecule has 19 heavy (non-hydrogen) atoms. The summed E-state index contributed by atoms with van der Waals surface area (Å²) in [7, 11) is 3.05. The van der Waals surface area contributed by atoms with E-state index in [0.29, 0.717) is 13.0 Å². The van der Waals surface area contributed by atoms with Crippen molar-refractivity contribution in [1.82, 2.24) is 4.90 Å². The summed E-state index contributed by atoms with van der Waals surface area (Å²) in [5, 5.41) is 0. The third kappa shape index (κ3) is 2.11. The Hall–Kier alpha value is -1.84. The molecule has 0 radical (unpaired) electrons. The quantitative estimate of drug-likeness (QED) is 0.613. The lowest BCUT2D eigenvalue weighted by molar-refractivity contribution is -0.155. The van der Waals surface area contributed by atoms with E-state index in [-0.39, 0.29) is 11.8 Å². The van der Waals surface area contributed by atoms with Crippen molar-refractivity contribution < 1.29 is 14.3 Å². The van der Waals surface area contributed by atoms with Crippen molar-refractivity contribution in [2.45, 2.75) is 19.3 Å². The van der Waals surface area contributed by atoms with Gasteiger partial charge in [0.2, 0.25) is 5.91 Å². The zero-order valence-electron chi connectivity index (χ0n) is 11.6. The first-order valence-electron chi connectivity index (χ1n) is 6.46. The minimum atomic E-state index is -1.01. The molecule has 0 saturated heterocycles. The van der Waals surface area contributed by atoms with Crippen LogP contribution >= 0.6 is 0 Å². The molecule has 2 rings (SSSR count). The third-order valence-electron chi connectivity index (χ3n) is 3.92. The van der Waals surface area contributed by atoms with E-state index in [0.717, 1.165) is 5.56 Å². The molecule has 0 unspecified atom stereocenters. The van der Waals surface area contributed by atoms with E-state index in [4.69, 9.17) is 4.74 Å². The predicted octanol–water partition coefficient (Wildman–Crippen LogP) is 1.81. The van der Waals surface area contributed by atoms with Crippen LogP contribution in [-0.2, 0) is 14.3 Å². The topological polar surface area (TPSA) is 46.6 Å². The minimum Gasteiger partial charge on any atom is -0.468 e. The summed E-state index contributed by atoms with van der Waals surface area (Å²) in [6, 6.07) is 9.67. The summed E-state index contributed by atoms with van der Waals surface area (Å²) in [5.41, 5.74) is 0.00618. The van der Waals surface area contributed by atoms with Crippen LogP contribution in [0, 0.1) is 5.41 Å². The number of methoxy groups -OCH3 is 1. The number of rotatable bonds is 4. The van der Waals surface area contributed by atoms with Crippen LogP contribution in [0.2, 0.25) is 0 Å². The summed E-state index contributed by atoms with van der Waals surface area (Å²) < 4.78 is 4.86. The van der Waals surface area contributed by atoms with Crippen molar-refractivity contribution >= 4 is 11.9 Å². The first kappa shape index (κ1) is 13.6. The minimum absolute atomic E-state index is 0.0670. The molecule has 4 nitrogen and oxygen atoms in total. The Morgan fingerprint density at radius 2 is 2.00 bits per heavy atom. The molecule has 1 aromatic carbocycles. The molecule has 0 aromatic heterocycles. The smallest absolute Gasteiger partial charge is 0.322 e. The largest absolute Gasteiger partial charge is 0.468 e. The summed E-state index contributed by atoms with van der Waals surface area (Å²) in [6.07, 6.45) is 0.535. The Kier molecular flexibility index (Phi) is 3.60. The van der Waals surface area contributed by atoms with E-state index in [9.17, 15) is 9.59 Å². The fourth-order valence-electron chi connectivity index (χ4n) is 2.57. The second kappa shape index (κ2) is 5.03. The van der Waals surface area contributed by atoms with Gasteiger partial charge in [0.15, 0.2) is 5.41 Å². The zero-order chi connectivity index (χ0) is 14.0. The lowest BCUT2D eigenvalue weighted by Gasteiger charge is -2.21. The zero-order valence-corrected chi connectivity index (χ0v) is 11.6. The maximum atomic E-state index is 12.5. The van der Waals surface area contributed by atoms with Crippen LogP contribution in [0.5, 0.6) is 0 Å². The average Bonchev–Trinajstić information content (AvgIpc) is 3.22. The molecule has 1 amide bonds. The standard InChI is InChI=1S/C15H19NO3/c1-4-16(2)13(17)15(14(18)19-3)10-12(15)11-8-6-5-7-9-11/h5-9,12H,4,10H2,1-3H3/t12-,15+/m1/s1. The summed E-state index contributed by atoms with van der Waals surface area (Å²) in [6.45, 7) is 2.47. The molecule has 0 spiro atoms. The van der Waals surface area contributed by atoms with Crippen molar-refractivity contribution in [2.24, 2.45) is 5.41 Å². The number of benzene rings is 1. The van der Waals surface area contributed by atoms with Crippen LogP contribution in [0.4, 0.5) is 0 Å². The van der Waals surface area contributed by atoms with Gasteiger partial charge in [-0.05, 0) is 18.9 Å². The monoisotopic (exact) mass is 261 g/mol. The SMILES string of the molecule is CCN(C)C(=O)[C@]1(C(=O)OC)C[C@@H]1c1ccccc1. The first-order chi connectivity index (χ1) is 9.07. The van der Waals surface area contributed by atoms with Gasteiger partial charge in [-0.1, -0.05) is 30.3 Å². The van der Waals surface area contributed by atoms with Gasteiger partial charge in [-0.25, -0.2) is 0 Å². The Labute approximate surface area is 113 Å². The molecule has 0 heterocycles. The summed E-state index contributed by atoms with van der Waals surface area (Å²) in [5.74, 6) is -0.634. The van der Waals surface area contributed by atoms with Crippen LogP contribution in [0.25, 0.3) is 0 Å². The van der Waals surface area contributed by atoms with Gasteiger partial charge in [-0.2, -0.15) is 0 Å². The Bertz CT molecular complexity index is 485. The van der Waals surface area contributed by atoms with Gasteiger partial charge in [0.25, 0.3) is 0 Å². The molecule has 4 heteroatoms. The second-order valence-electron chi connectivity index (χ2n) is 4.95. The maximum absolute atomic E-state index is 12.5. The van der Waals surface area contributed by atoms with Gasteiger partial charge < -0.3 is 9.64 Å². The highest BCUT2D eigenvalue weighted by atomic mass is 16.5. The van der Waals surface area contributed by atoms with Gasteiger partial charge in [0.1, 0.15) is 0 Å². The molecule has 0 aliphatic heterocycles. The van der Waals surface area contributed by atoms with Gasteiger partial charge in [-0.3, -0.25) is 9.59 Å². The molecule has 1 aliphatic carbocycles. The van der Waals surface area contributed by atoms with Gasteiger partial charge in [-0.15, -0.1) is 0 Å². The van der Waals surface area contributed by atoms with E-state index in [1.807, 2.05) is 37.3 Å². The van der Waals surface area contributed by atoms with Crippen molar-refractivity contribution in [3.8, 4) is 0 Å². The van der Waals surface area contributed by atoms with Crippen LogP contribution in [-0.4, -0.2) is 37.5 Å². The second-order valence-corrected chi connectivity index (χ2v) is 4.95. The Morgan fingerprint density at radius 1 is 1.37 bits per heavy atom. The van der Waals surface area contributed by atoms with E-state index in [1.165, 1.54) is 7.11 Å². The van der Waals surface area contributed by atoms with Crippen LogP contribution in [0.3, 0.4) is 0 Å². The number of hydrogen-bond donors (Lipinski definition) is 0. The van der Waals surface area contributed by atoms with E-state index in [1.54, 1.807) is 11.9 Å². The molecule has 1 fully saturated rings. The van der Waals surface area contributed by atoms with E-state index in [2.05, 4.69) is 0 Å². The molecule has 2 atom stereocenters. The van der Waals surface area contributed by atoms with Crippen LogP contribution < -0.4 is 0 Å². The highest BCUT2D eigenvalue weighted by molar-refractivity contribution is 6.07. The summed E-state index contributed by atoms with van der Waals surface area (Å²) >= 11 is 0. The third-order valence-corrected chi connectivity index (χ3v) is 3.92. The normalized spacial score (nSPS) is 24.7. The van der Waals surface area contributed by atoms with Crippen molar-refractivity contribution in [2.75, 3.05) is 20.7 Å². The number of hydrogen-bond acceptors (Lipinski definition) is 3. The fraction of sp³-hybridized carbons (Fsp3) is 0.467. The number of esters is 1. The molecule has 1 aromatic rings. The lowest BCUT2D eigenvalue weighted by Crippen LogP contribution is -2.40. The number of nitrogens with zero attached hydrogens (tertiary/aromatic N) is 1. The number of amides is 1. The van der Waals surface area contributed by atoms with Crippen molar-refractivity contribution in [1.29, 1.82) is 0 Å². The summed E-state index contributed by atoms with van der Waals surface area (Å²) in [4.78, 5) is 26.1. The van der Waals surface area contributed by atoms with Crippen molar-refractivity contribution in [3.63, 3.8) is 0 Å². The van der Waals surface area contributed by atoms with Gasteiger partial charge >= 0.3 is 5.97 Å². The fourth-order valence-corrected chi connectivity index (χ4v) is 2.57. The molecular weight excluding hydrogens is 242 g/mol. The average molecular weight is 261 g/mol. The Morgan fingerprint density at radius 3 is 2.53 bits per heavy atom. The van der Waals surface area contributed by atoms with E-state index >= 15 is 0 Å². The highest BCUT2D eigenvalue weighted by Gasteiger charge is 2.67. The molecule has 0 N–H and O–H groups in total. The van der Waals surface area contributed by atoms with Crippen molar-refractivity contribution in [3.05, 3.63) is 35.9 Å². The number of carbonyl (C=O) groups excluding carboxylic acids is 2. The number of carbonyl (C=O) groups is 2. The Balaban J connectivity index is 2.31. The van der Waals surface area contributed by atoms with Crippen LogP contribution in [0.1, 0.15) is 24.8 Å². The predicted molar refractivity (Wildman–Crippen MR) is 71.6 cm³/mol. The van der Waals surface area contributed by atoms with E-state index < -0.39 is 11.4 Å². The number of ether oxygens (including phenoxy) is 1. The molecule has 0 bridgehead atoms. The lowest BCUT2D eigenvalue weighted by atomic mass is 9.97. The van der Waals surface area contributed by atoms with Gasteiger partial charge in [0, 0.05) is 19.5 Å². The molecule has 1 aliphatic rings. The molecule has 1 saturated carbocycles. The molecule has 102 valence electrons. The maximum Gasteiger partial charge on any atom is 0.322 e.